The van der Waals surface area contributed by atoms with Crippen LogP contribution in [0.2, 0.25) is 0 Å². The Morgan fingerprint density at radius 1 is 1.29 bits per heavy atom. The first kappa shape index (κ1) is 17.2. The molecule has 2 rings (SSSR count). The molecule has 1 atom stereocenters. The smallest absolute Gasteiger partial charge is 0.271 e. The van der Waals surface area contributed by atoms with Crippen LogP contribution in [0.5, 0.6) is 5.75 Å². The van der Waals surface area contributed by atoms with Crippen molar-refractivity contribution in [2.24, 2.45) is 0 Å². The maximum Gasteiger partial charge on any atom is 0.271 e. The summed E-state index contributed by atoms with van der Waals surface area (Å²) in [5.41, 5.74) is 0.656. The van der Waals surface area contributed by atoms with Gasteiger partial charge in [0.2, 0.25) is 5.91 Å². The molecule has 0 spiro atoms. The molecular weight excluding hydrogens is 317 g/mol. The second kappa shape index (κ2) is 7.40. The number of non-ortho nitro benzene ring substituents is 1. The molecule has 1 unspecified atom stereocenters. The molecule has 0 saturated heterocycles. The van der Waals surface area contributed by atoms with E-state index in [9.17, 15) is 19.3 Å². The Balaban J connectivity index is 2.07. The van der Waals surface area contributed by atoms with Gasteiger partial charge in [0.05, 0.1) is 17.7 Å². The molecule has 0 aromatic heterocycles. The quantitative estimate of drug-likeness (QED) is 0.625. The molecule has 0 saturated carbocycles. The number of hydrogen-bond acceptors (Lipinski definition) is 5. The van der Waals surface area contributed by atoms with Gasteiger partial charge in [0, 0.05) is 23.9 Å². The van der Waals surface area contributed by atoms with Gasteiger partial charge >= 0.3 is 0 Å². The van der Waals surface area contributed by atoms with E-state index in [4.69, 9.17) is 4.74 Å². The summed E-state index contributed by atoms with van der Waals surface area (Å²) in [7, 11) is 1.40. The van der Waals surface area contributed by atoms with Crippen LogP contribution >= 0.6 is 0 Å². The number of nitrogens with one attached hydrogen (secondary N) is 2. The highest BCUT2D eigenvalue weighted by Gasteiger charge is 2.16. The normalized spacial score (nSPS) is 11.5. The van der Waals surface area contributed by atoms with Gasteiger partial charge in [0.15, 0.2) is 0 Å². The van der Waals surface area contributed by atoms with Gasteiger partial charge in [-0.3, -0.25) is 14.9 Å². The number of halogens is 1. The molecule has 0 radical (unpaired) electrons. The molecule has 7 nitrogen and oxygen atoms in total. The van der Waals surface area contributed by atoms with Crippen LogP contribution in [-0.4, -0.2) is 24.0 Å². The molecule has 2 N–H and O–H groups in total. The highest BCUT2D eigenvalue weighted by atomic mass is 19.1. The van der Waals surface area contributed by atoms with Crippen LogP contribution in [0.3, 0.4) is 0 Å². The summed E-state index contributed by atoms with van der Waals surface area (Å²) >= 11 is 0. The Hall–Kier alpha value is -3.16. The molecule has 8 heteroatoms. The van der Waals surface area contributed by atoms with E-state index in [-0.39, 0.29) is 11.4 Å². The predicted molar refractivity (Wildman–Crippen MR) is 87.8 cm³/mol. The first-order valence-corrected chi connectivity index (χ1v) is 7.06. The van der Waals surface area contributed by atoms with Crippen molar-refractivity contribution in [3.63, 3.8) is 0 Å². The van der Waals surface area contributed by atoms with E-state index in [1.54, 1.807) is 13.0 Å². The SMILES string of the molecule is COc1cc(F)ccc1NC(C)C(=O)Nc1cccc([N+](=O)[O-])c1. The number of anilines is 2. The summed E-state index contributed by atoms with van der Waals surface area (Å²) in [6.07, 6.45) is 0. The number of carbonyl (C=O) groups is 1. The van der Waals surface area contributed by atoms with Crippen molar-refractivity contribution in [3.8, 4) is 5.75 Å². The summed E-state index contributed by atoms with van der Waals surface area (Å²) in [5, 5.41) is 16.2. The van der Waals surface area contributed by atoms with Crippen molar-refractivity contribution in [2.45, 2.75) is 13.0 Å². The number of nitrogens with zero attached hydrogens (tertiary/aromatic N) is 1. The van der Waals surface area contributed by atoms with Crippen molar-refractivity contribution < 1.29 is 18.8 Å². The summed E-state index contributed by atoms with van der Waals surface area (Å²) in [4.78, 5) is 22.4. The highest BCUT2D eigenvalue weighted by molar-refractivity contribution is 5.96. The number of rotatable bonds is 6. The highest BCUT2D eigenvalue weighted by Crippen LogP contribution is 2.26. The van der Waals surface area contributed by atoms with Gasteiger partial charge in [0.25, 0.3) is 5.69 Å². The van der Waals surface area contributed by atoms with Gasteiger partial charge in [-0.05, 0) is 25.1 Å². The Morgan fingerprint density at radius 2 is 2.04 bits per heavy atom. The third kappa shape index (κ3) is 4.19. The fourth-order valence-electron chi connectivity index (χ4n) is 2.03. The number of methoxy groups -OCH3 is 1. The average Bonchev–Trinajstić information content (AvgIpc) is 2.56. The van der Waals surface area contributed by atoms with Gasteiger partial charge in [-0.15, -0.1) is 0 Å². The number of hydrogen-bond donors (Lipinski definition) is 2. The zero-order chi connectivity index (χ0) is 17.7. The van der Waals surface area contributed by atoms with Crippen LogP contribution in [0.25, 0.3) is 0 Å². The molecule has 0 heterocycles. The van der Waals surface area contributed by atoms with E-state index in [1.807, 2.05) is 0 Å². The lowest BCUT2D eigenvalue weighted by Crippen LogP contribution is -2.32. The van der Waals surface area contributed by atoms with Crippen LogP contribution < -0.4 is 15.4 Å². The van der Waals surface area contributed by atoms with Gasteiger partial charge in [-0.25, -0.2) is 4.39 Å². The molecule has 24 heavy (non-hydrogen) atoms. The molecule has 1 amide bonds. The fraction of sp³-hybridized carbons (Fsp3) is 0.188. The van der Waals surface area contributed by atoms with Crippen molar-refractivity contribution in [1.82, 2.24) is 0 Å². The summed E-state index contributed by atoms with van der Waals surface area (Å²) < 4.78 is 18.2. The summed E-state index contributed by atoms with van der Waals surface area (Å²) in [6, 6.07) is 8.87. The number of nitro groups is 1. The monoisotopic (exact) mass is 333 g/mol. The number of nitro benzene ring substituents is 1. The predicted octanol–water partition coefficient (Wildman–Crippen LogP) is 3.18. The van der Waals surface area contributed by atoms with E-state index < -0.39 is 22.7 Å². The zero-order valence-corrected chi connectivity index (χ0v) is 13.1. The summed E-state index contributed by atoms with van der Waals surface area (Å²) in [5.74, 6) is -0.585. The standard InChI is InChI=1S/C16H16FN3O4/c1-10(18-14-7-6-11(17)8-15(14)24-2)16(21)19-12-4-3-5-13(9-12)20(22)23/h3-10,18H,1-2H3,(H,19,21). The zero-order valence-electron chi connectivity index (χ0n) is 13.1. The van der Waals surface area contributed by atoms with E-state index in [1.165, 1.54) is 43.5 Å². The second-order valence-corrected chi connectivity index (χ2v) is 5.01. The lowest BCUT2D eigenvalue weighted by molar-refractivity contribution is -0.384. The van der Waals surface area contributed by atoms with Crippen molar-refractivity contribution in [1.29, 1.82) is 0 Å². The number of amides is 1. The Morgan fingerprint density at radius 3 is 2.71 bits per heavy atom. The van der Waals surface area contributed by atoms with E-state index in [2.05, 4.69) is 10.6 Å². The molecular formula is C16H16FN3O4. The van der Waals surface area contributed by atoms with Crippen LogP contribution in [0.4, 0.5) is 21.5 Å². The first-order chi connectivity index (χ1) is 11.4. The van der Waals surface area contributed by atoms with Crippen LogP contribution in [0, 0.1) is 15.9 Å². The minimum atomic E-state index is -0.677. The Kier molecular flexibility index (Phi) is 5.31. The molecule has 2 aromatic rings. The van der Waals surface area contributed by atoms with Gasteiger partial charge in [-0.2, -0.15) is 0 Å². The van der Waals surface area contributed by atoms with E-state index >= 15 is 0 Å². The van der Waals surface area contributed by atoms with Crippen LogP contribution in [-0.2, 0) is 4.79 Å². The van der Waals surface area contributed by atoms with Crippen LogP contribution in [0.1, 0.15) is 6.92 Å². The molecule has 0 aliphatic heterocycles. The third-order valence-electron chi connectivity index (χ3n) is 3.25. The van der Waals surface area contributed by atoms with Crippen LogP contribution in [0.15, 0.2) is 42.5 Å². The topological polar surface area (TPSA) is 93.5 Å². The van der Waals surface area contributed by atoms with Gasteiger partial charge < -0.3 is 15.4 Å². The van der Waals surface area contributed by atoms with Crippen molar-refractivity contribution >= 4 is 23.0 Å². The molecule has 0 fully saturated rings. The largest absolute Gasteiger partial charge is 0.494 e. The second-order valence-electron chi connectivity index (χ2n) is 5.01. The average molecular weight is 333 g/mol. The van der Waals surface area contributed by atoms with E-state index in [0.717, 1.165) is 0 Å². The molecule has 0 aliphatic rings. The summed E-state index contributed by atoms with van der Waals surface area (Å²) in [6.45, 7) is 1.61. The van der Waals surface area contributed by atoms with Crippen molar-refractivity contribution in [3.05, 3.63) is 58.4 Å². The van der Waals surface area contributed by atoms with E-state index in [0.29, 0.717) is 11.4 Å². The maximum absolute atomic E-state index is 13.2. The molecule has 126 valence electrons. The van der Waals surface area contributed by atoms with Gasteiger partial charge in [-0.1, -0.05) is 6.07 Å². The number of carbonyl (C=O) groups excluding carboxylic acids is 1. The lowest BCUT2D eigenvalue weighted by atomic mass is 10.2. The number of benzene rings is 2. The Labute approximate surface area is 137 Å². The molecule has 0 aliphatic carbocycles. The minimum absolute atomic E-state index is 0.117. The third-order valence-corrected chi connectivity index (χ3v) is 3.25. The minimum Gasteiger partial charge on any atom is -0.494 e. The Bertz CT molecular complexity index is 767. The molecule has 2 aromatic carbocycles. The first-order valence-electron chi connectivity index (χ1n) is 7.06. The molecule has 0 bridgehead atoms. The fourth-order valence-corrected chi connectivity index (χ4v) is 2.03. The van der Waals surface area contributed by atoms with Crippen molar-refractivity contribution in [2.75, 3.05) is 17.7 Å². The lowest BCUT2D eigenvalue weighted by Gasteiger charge is -2.17. The number of ether oxygens (including phenoxy) is 1. The maximum atomic E-state index is 13.2. The van der Waals surface area contributed by atoms with Gasteiger partial charge in [0.1, 0.15) is 17.6 Å².